The molecule has 0 atom stereocenters. The summed E-state index contributed by atoms with van der Waals surface area (Å²) in [5, 5.41) is 15.0. The summed E-state index contributed by atoms with van der Waals surface area (Å²) in [6.45, 7) is 0.612. The van der Waals surface area contributed by atoms with E-state index in [9.17, 15) is 9.90 Å². The van der Waals surface area contributed by atoms with Crippen LogP contribution in [0, 0.1) is 0 Å². The van der Waals surface area contributed by atoms with Crippen molar-refractivity contribution in [3.63, 3.8) is 0 Å². The fourth-order valence-electron chi connectivity index (χ4n) is 1.06. The smallest absolute Gasteiger partial charge is 0.225 e. The maximum Gasteiger partial charge on any atom is 0.225 e. The van der Waals surface area contributed by atoms with Crippen molar-refractivity contribution in [2.45, 2.75) is 6.42 Å². The molecule has 0 fully saturated rings. The molecule has 3 N–H and O–H groups in total. The first kappa shape index (κ1) is 12.0. The van der Waals surface area contributed by atoms with Gasteiger partial charge >= 0.3 is 0 Å². The average Bonchev–Trinajstić information content (AvgIpc) is 2.20. The summed E-state index contributed by atoms with van der Waals surface area (Å²) >= 11 is 3.26. The molecule has 0 bridgehead atoms. The van der Waals surface area contributed by atoms with Crippen LogP contribution in [0.15, 0.2) is 22.7 Å². The molecule has 1 aromatic carbocycles. The molecule has 1 rings (SSSR count). The Bertz CT molecular complexity index is 355. The van der Waals surface area contributed by atoms with Gasteiger partial charge in [-0.15, -0.1) is 0 Å². The van der Waals surface area contributed by atoms with Crippen LogP contribution in [0.1, 0.15) is 6.42 Å². The summed E-state index contributed by atoms with van der Waals surface area (Å²) in [5.74, 6) is -0.0613. The molecule has 1 aromatic rings. The SMILES string of the molecule is CNCCC(=O)Nc1cc(Br)ccc1O. The van der Waals surface area contributed by atoms with Crippen LogP contribution in [0.2, 0.25) is 0 Å². The lowest BCUT2D eigenvalue weighted by molar-refractivity contribution is -0.116. The highest BCUT2D eigenvalue weighted by molar-refractivity contribution is 9.10. The summed E-state index contributed by atoms with van der Waals surface area (Å²) in [6.07, 6.45) is 0.377. The molecule has 0 aliphatic rings. The van der Waals surface area contributed by atoms with Crippen molar-refractivity contribution >= 4 is 27.5 Å². The Labute approximate surface area is 96.8 Å². The van der Waals surface area contributed by atoms with Gasteiger partial charge in [0.05, 0.1) is 5.69 Å². The number of phenols is 1. The van der Waals surface area contributed by atoms with E-state index in [1.165, 1.54) is 6.07 Å². The van der Waals surface area contributed by atoms with Crippen LogP contribution < -0.4 is 10.6 Å². The number of rotatable bonds is 4. The van der Waals surface area contributed by atoms with Gasteiger partial charge < -0.3 is 15.7 Å². The molecule has 5 heteroatoms. The van der Waals surface area contributed by atoms with Gasteiger partial charge in [-0.1, -0.05) is 15.9 Å². The molecule has 0 spiro atoms. The van der Waals surface area contributed by atoms with Crippen LogP contribution in [0.3, 0.4) is 0 Å². The first-order valence-corrected chi connectivity index (χ1v) is 5.35. The predicted molar refractivity (Wildman–Crippen MR) is 63.0 cm³/mol. The molecule has 4 nitrogen and oxygen atoms in total. The highest BCUT2D eigenvalue weighted by atomic mass is 79.9. The molecule has 0 radical (unpaired) electrons. The number of anilines is 1. The van der Waals surface area contributed by atoms with E-state index in [0.717, 1.165) is 4.47 Å². The molecule has 0 aliphatic carbocycles. The fraction of sp³-hybridized carbons (Fsp3) is 0.300. The Hall–Kier alpha value is -1.07. The molecule has 0 saturated carbocycles. The second-order valence-electron chi connectivity index (χ2n) is 3.06. The lowest BCUT2D eigenvalue weighted by Crippen LogP contribution is -2.18. The zero-order chi connectivity index (χ0) is 11.3. The molecule has 0 unspecified atom stereocenters. The number of hydrogen-bond acceptors (Lipinski definition) is 3. The second kappa shape index (κ2) is 5.72. The topological polar surface area (TPSA) is 61.4 Å². The second-order valence-corrected chi connectivity index (χ2v) is 3.98. The van der Waals surface area contributed by atoms with Crippen molar-refractivity contribution in [2.24, 2.45) is 0 Å². The standard InChI is InChI=1S/C10H13BrN2O2/c1-12-5-4-10(15)13-8-6-7(11)2-3-9(8)14/h2-3,6,12,14H,4-5H2,1H3,(H,13,15). The Balaban J connectivity index is 2.63. The number of nitrogens with one attached hydrogen (secondary N) is 2. The minimum absolute atomic E-state index is 0.0657. The molecule has 15 heavy (non-hydrogen) atoms. The first-order chi connectivity index (χ1) is 7.13. The van der Waals surface area contributed by atoms with Gasteiger partial charge in [0.25, 0.3) is 0 Å². The molecule has 1 amide bonds. The molecule has 0 aliphatic heterocycles. The van der Waals surface area contributed by atoms with Crippen LogP contribution in [-0.2, 0) is 4.79 Å². The Kier molecular flexibility index (Phi) is 4.58. The normalized spacial score (nSPS) is 10.0. The maximum absolute atomic E-state index is 11.4. The van der Waals surface area contributed by atoms with Crippen LogP contribution in [0.25, 0.3) is 0 Å². The maximum atomic E-state index is 11.4. The lowest BCUT2D eigenvalue weighted by Gasteiger charge is -2.07. The van der Waals surface area contributed by atoms with Gasteiger partial charge in [-0.25, -0.2) is 0 Å². The van der Waals surface area contributed by atoms with Gasteiger partial charge in [0.1, 0.15) is 5.75 Å². The largest absolute Gasteiger partial charge is 0.506 e. The summed E-state index contributed by atoms with van der Waals surface area (Å²) in [5.41, 5.74) is 0.422. The fourth-order valence-corrected chi connectivity index (χ4v) is 1.42. The van der Waals surface area contributed by atoms with E-state index >= 15 is 0 Å². The molecular weight excluding hydrogens is 260 g/mol. The molecule has 0 saturated heterocycles. The van der Waals surface area contributed by atoms with Crippen molar-refractivity contribution in [3.05, 3.63) is 22.7 Å². The van der Waals surface area contributed by atoms with E-state index in [1.807, 2.05) is 0 Å². The number of benzene rings is 1. The van der Waals surface area contributed by atoms with Gasteiger partial charge in [-0.05, 0) is 25.2 Å². The van der Waals surface area contributed by atoms with Crippen LogP contribution >= 0.6 is 15.9 Å². The zero-order valence-electron chi connectivity index (χ0n) is 8.38. The summed E-state index contributed by atoms with van der Waals surface area (Å²) in [7, 11) is 1.78. The Morgan fingerprint density at radius 3 is 2.93 bits per heavy atom. The van der Waals surface area contributed by atoms with E-state index in [2.05, 4.69) is 26.6 Å². The van der Waals surface area contributed by atoms with Crippen molar-refractivity contribution in [1.82, 2.24) is 5.32 Å². The third-order valence-electron chi connectivity index (χ3n) is 1.83. The average molecular weight is 273 g/mol. The quantitative estimate of drug-likeness (QED) is 0.732. The molecular formula is C10H13BrN2O2. The van der Waals surface area contributed by atoms with Crippen molar-refractivity contribution in [3.8, 4) is 5.75 Å². The third-order valence-corrected chi connectivity index (χ3v) is 2.33. The number of phenolic OH excluding ortho intramolecular Hbond substituents is 1. The van der Waals surface area contributed by atoms with Gasteiger partial charge in [-0.3, -0.25) is 4.79 Å². The van der Waals surface area contributed by atoms with E-state index in [1.54, 1.807) is 19.2 Å². The molecule has 82 valence electrons. The summed E-state index contributed by atoms with van der Waals surface area (Å²) in [6, 6.07) is 4.89. The van der Waals surface area contributed by atoms with Crippen molar-refractivity contribution < 1.29 is 9.90 Å². The van der Waals surface area contributed by atoms with Gasteiger partial charge in [0.2, 0.25) is 5.91 Å². The Morgan fingerprint density at radius 1 is 1.53 bits per heavy atom. The summed E-state index contributed by atoms with van der Waals surface area (Å²) < 4.78 is 0.809. The number of halogens is 1. The minimum atomic E-state index is -0.127. The van der Waals surface area contributed by atoms with E-state index in [4.69, 9.17) is 0 Å². The van der Waals surface area contributed by atoms with Gasteiger partial charge in [0.15, 0.2) is 0 Å². The van der Waals surface area contributed by atoms with Crippen LogP contribution in [-0.4, -0.2) is 24.6 Å². The number of carbonyl (C=O) groups is 1. The Morgan fingerprint density at radius 2 is 2.27 bits per heavy atom. The number of carbonyl (C=O) groups excluding carboxylic acids is 1. The van der Waals surface area contributed by atoms with E-state index < -0.39 is 0 Å². The highest BCUT2D eigenvalue weighted by Crippen LogP contribution is 2.26. The number of amides is 1. The zero-order valence-corrected chi connectivity index (χ0v) is 9.97. The van der Waals surface area contributed by atoms with Crippen LogP contribution in [0.5, 0.6) is 5.75 Å². The van der Waals surface area contributed by atoms with E-state index in [-0.39, 0.29) is 11.7 Å². The van der Waals surface area contributed by atoms with Gasteiger partial charge in [0, 0.05) is 17.4 Å². The number of aromatic hydroxyl groups is 1. The van der Waals surface area contributed by atoms with Crippen LogP contribution in [0.4, 0.5) is 5.69 Å². The van der Waals surface area contributed by atoms with Crippen molar-refractivity contribution in [1.29, 1.82) is 0 Å². The van der Waals surface area contributed by atoms with E-state index in [0.29, 0.717) is 18.7 Å². The lowest BCUT2D eigenvalue weighted by atomic mass is 10.3. The minimum Gasteiger partial charge on any atom is -0.506 e. The van der Waals surface area contributed by atoms with Gasteiger partial charge in [-0.2, -0.15) is 0 Å². The highest BCUT2D eigenvalue weighted by Gasteiger charge is 2.05. The monoisotopic (exact) mass is 272 g/mol. The first-order valence-electron chi connectivity index (χ1n) is 4.56. The molecule has 0 aromatic heterocycles. The number of hydrogen-bond donors (Lipinski definition) is 3. The molecule has 0 heterocycles. The van der Waals surface area contributed by atoms with Crippen molar-refractivity contribution in [2.75, 3.05) is 18.9 Å². The predicted octanol–water partition coefficient (Wildman–Crippen LogP) is 1.70. The summed E-state index contributed by atoms with van der Waals surface area (Å²) in [4.78, 5) is 11.4. The third kappa shape index (κ3) is 3.89.